The summed E-state index contributed by atoms with van der Waals surface area (Å²) in [6, 6.07) is 5.08. The maximum Gasteiger partial charge on any atom is 0.407 e. The highest BCUT2D eigenvalue weighted by molar-refractivity contribution is 5.93. The van der Waals surface area contributed by atoms with Crippen LogP contribution in [-0.4, -0.2) is 28.3 Å². The Labute approximate surface area is 189 Å². The lowest BCUT2D eigenvalue weighted by atomic mass is 9.92. The molecule has 2 heterocycles. The van der Waals surface area contributed by atoms with Gasteiger partial charge in [0.2, 0.25) is 0 Å². The van der Waals surface area contributed by atoms with Gasteiger partial charge in [-0.2, -0.15) is 18.4 Å². The molecule has 0 aliphatic heterocycles. The van der Waals surface area contributed by atoms with E-state index in [-0.39, 0.29) is 18.4 Å². The number of rotatable bonds is 7. The molecule has 0 amide bonds. The van der Waals surface area contributed by atoms with E-state index in [0.29, 0.717) is 34.4 Å². The van der Waals surface area contributed by atoms with Crippen LogP contribution in [0.3, 0.4) is 0 Å². The highest BCUT2D eigenvalue weighted by Crippen LogP contribution is 2.41. The Morgan fingerprint density at radius 2 is 2.15 bits per heavy atom. The molecule has 2 aromatic heterocycles. The number of halogens is 4. The summed E-state index contributed by atoms with van der Waals surface area (Å²) < 4.78 is 56.5. The minimum absolute atomic E-state index is 0.0995. The van der Waals surface area contributed by atoms with Gasteiger partial charge in [-0.25, -0.2) is 8.96 Å². The molecule has 0 saturated heterocycles. The number of benzene rings is 1. The molecule has 1 aliphatic carbocycles. The smallest absolute Gasteiger partial charge is 0.330 e. The second-order valence-corrected chi connectivity index (χ2v) is 8.31. The zero-order valence-corrected chi connectivity index (χ0v) is 18.2. The number of aromatic nitrogens is 3. The first-order chi connectivity index (χ1) is 15.7. The summed E-state index contributed by atoms with van der Waals surface area (Å²) in [5, 5.41) is 13.1. The second kappa shape index (κ2) is 8.94. The van der Waals surface area contributed by atoms with Gasteiger partial charge in [0.15, 0.2) is 5.69 Å². The van der Waals surface area contributed by atoms with Crippen LogP contribution in [-0.2, 0) is 13.5 Å². The molecule has 9 heteroatoms. The Morgan fingerprint density at radius 3 is 2.73 bits per heavy atom. The Kier molecular flexibility index (Phi) is 6.21. The maximum atomic E-state index is 14.1. The number of nitrogens with one attached hydrogen (secondary N) is 1. The molecule has 5 nitrogen and oxygen atoms in total. The van der Waals surface area contributed by atoms with Crippen LogP contribution in [0.25, 0.3) is 22.4 Å². The van der Waals surface area contributed by atoms with Crippen molar-refractivity contribution in [3.8, 4) is 17.6 Å². The van der Waals surface area contributed by atoms with E-state index in [1.54, 1.807) is 30.1 Å². The molecule has 1 N–H and O–H groups in total. The van der Waals surface area contributed by atoms with Crippen molar-refractivity contribution in [2.75, 3.05) is 6.54 Å². The summed E-state index contributed by atoms with van der Waals surface area (Å²) in [7, 11) is 1.78. The number of hydrogen-bond acceptors (Lipinski definition) is 3. The van der Waals surface area contributed by atoms with Crippen molar-refractivity contribution in [1.82, 2.24) is 14.9 Å². The molecule has 4 rings (SSSR count). The van der Waals surface area contributed by atoms with Gasteiger partial charge >= 0.3 is 12.0 Å². The fourth-order valence-electron chi connectivity index (χ4n) is 4.28. The van der Waals surface area contributed by atoms with Gasteiger partial charge in [0.25, 0.3) is 0 Å². The molecule has 0 bridgehead atoms. The SMILES string of the molecule is C=CC(NCCc1cnc(-c2c(C#N)c3ccc(F)cc3n2C2CCC2)[n+](C)c1)C(F)(F)F. The molecule has 1 aliphatic rings. The highest BCUT2D eigenvalue weighted by atomic mass is 19.4. The third-order valence-electron chi connectivity index (χ3n) is 6.14. The number of hydrogen-bond donors (Lipinski definition) is 1. The highest BCUT2D eigenvalue weighted by Gasteiger charge is 2.37. The quantitative estimate of drug-likeness (QED) is 0.322. The molecule has 33 heavy (non-hydrogen) atoms. The van der Waals surface area contributed by atoms with E-state index >= 15 is 0 Å². The monoisotopic (exact) mass is 458 g/mol. The summed E-state index contributed by atoms with van der Waals surface area (Å²) in [6.45, 7) is 3.33. The van der Waals surface area contributed by atoms with E-state index < -0.39 is 12.2 Å². The van der Waals surface area contributed by atoms with Crippen LogP contribution in [0.1, 0.15) is 36.4 Å². The largest absolute Gasteiger partial charge is 0.407 e. The zero-order valence-electron chi connectivity index (χ0n) is 18.2. The van der Waals surface area contributed by atoms with Gasteiger partial charge in [-0.3, -0.25) is 0 Å². The van der Waals surface area contributed by atoms with E-state index in [1.807, 2.05) is 4.57 Å². The van der Waals surface area contributed by atoms with Gasteiger partial charge in [-0.15, -0.1) is 6.58 Å². The van der Waals surface area contributed by atoms with Crippen LogP contribution in [0.15, 0.2) is 43.2 Å². The van der Waals surface area contributed by atoms with Crippen molar-refractivity contribution in [3.63, 3.8) is 0 Å². The lowest BCUT2D eigenvalue weighted by Gasteiger charge is -2.29. The predicted octanol–water partition coefficient (Wildman–Crippen LogP) is 4.51. The van der Waals surface area contributed by atoms with Gasteiger partial charge in [0, 0.05) is 23.5 Å². The van der Waals surface area contributed by atoms with Crippen LogP contribution in [0.5, 0.6) is 0 Å². The molecule has 1 fully saturated rings. The Balaban J connectivity index is 1.68. The van der Waals surface area contributed by atoms with Crippen LogP contribution >= 0.6 is 0 Å². The van der Waals surface area contributed by atoms with Crippen molar-refractivity contribution in [2.45, 2.75) is 43.9 Å². The van der Waals surface area contributed by atoms with Crippen LogP contribution < -0.4 is 9.88 Å². The Bertz CT molecular complexity index is 1230. The summed E-state index contributed by atoms with van der Waals surface area (Å²) in [6.07, 6.45) is 3.14. The van der Waals surface area contributed by atoms with Crippen molar-refractivity contribution >= 4 is 10.9 Å². The lowest BCUT2D eigenvalue weighted by molar-refractivity contribution is -0.663. The topological polar surface area (TPSA) is 57.5 Å². The summed E-state index contributed by atoms with van der Waals surface area (Å²) in [4.78, 5) is 4.57. The van der Waals surface area contributed by atoms with Gasteiger partial charge < -0.3 is 9.88 Å². The van der Waals surface area contributed by atoms with E-state index in [9.17, 15) is 22.8 Å². The molecular formula is C24H24F4N5+. The lowest BCUT2D eigenvalue weighted by Crippen LogP contribution is -2.41. The molecule has 3 aromatic rings. The van der Waals surface area contributed by atoms with E-state index in [4.69, 9.17) is 0 Å². The third kappa shape index (κ3) is 4.35. The van der Waals surface area contributed by atoms with Gasteiger partial charge in [-0.05, 0) is 48.9 Å². The Hall–Kier alpha value is -3.25. The minimum Gasteiger partial charge on any atom is -0.330 e. The second-order valence-electron chi connectivity index (χ2n) is 8.31. The van der Waals surface area contributed by atoms with Crippen LogP contribution in [0.4, 0.5) is 17.6 Å². The molecule has 1 unspecified atom stereocenters. The normalized spacial score (nSPS) is 15.3. The standard InChI is InChI=1S/C24H24F4N5/c1-3-21(24(26,27)28)30-10-9-15-13-31-23(32(2)14-15)22-19(12-29)18-8-7-16(25)11-20(18)33(22)17-5-4-6-17/h3,7-8,11,13-14,17,21,30H,1,4-6,9-10H2,2H3/q+1. The fraction of sp³-hybridized carbons (Fsp3) is 0.375. The van der Waals surface area contributed by atoms with Gasteiger partial charge in [-0.1, -0.05) is 6.08 Å². The number of nitriles is 1. The van der Waals surface area contributed by atoms with Crippen LogP contribution in [0, 0.1) is 17.1 Å². The van der Waals surface area contributed by atoms with E-state index in [2.05, 4.69) is 22.9 Å². The van der Waals surface area contributed by atoms with Crippen molar-refractivity contribution in [1.29, 1.82) is 5.26 Å². The van der Waals surface area contributed by atoms with E-state index in [0.717, 1.165) is 30.9 Å². The van der Waals surface area contributed by atoms with E-state index in [1.165, 1.54) is 12.1 Å². The average molecular weight is 458 g/mol. The molecule has 1 aromatic carbocycles. The summed E-state index contributed by atoms with van der Waals surface area (Å²) in [5.74, 6) is 0.180. The van der Waals surface area contributed by atoms with Crippen molar-refractivity contribution < 1.29 is 22.1 Å². The summed E-state index contributed by atoms with van der Waals surface area (Å²) in [5.41, 5.74) is 2.49. The molecule has 0 spiro atoms. The molecule has 0 radical (unpaired) electrons. The third-order valence-corrected chi connectivity index (χ3v) is 6.14. The fourth-order valence-corrected chi connectivity index (χ4v) is 4.28. The minimum atomic E-state index is -4.39. The first kappa shape index (κ1) is 22.9. The first-order valence-corrected chi connectivity index (χ1v) is 10.8. The predicted molar refractivity (Wildman–Crippen MR) is 116 cm³/mol. The van der Waals surface area contributed by atoms with Crippen molar-refractivity contribution in [3.05, 3.63) is 60.2 Å². The molecule has 1 saturated carbocycles. The van der Waals surface area contributed by atoms with Crippen LogP contribution in [0.2, 0.25) is 0 Å². The number of alkyl halides is 3. The molecule has 172 valence electrons. The Morgan fingerprint density at radius 1 is 1.39 bits per heavy atom. The van der Waals surface area contributed by atoms with Crippen molar-refractivity contribution in [2.24, 2.45) is 7.05 Å². The van der Waals surface area contributed by atoms with Gasteiger partial charge in [0.1, 0.15) is 24.1 Å². The number of fused-ring (bicyclic) bond motifs is 1. The molecule has 1 atom stereocenters. The number of aryl methyl sites for hydroxylation is 1. The molecular weight excluding hydrogens is 434 g/mol. The number of nitrogens with zero attached hydrogens (tertiary/aromatic N) is 4. The maximum absolute atomic E-state index is 14.1. The van der Waals surface area contributed by atoms with Gasteiger partial charge in [0.05, 0.1) is 24.3 Å². The average Bonchev–Trinajstić information content (AvgIpc) is 3.02. The zero-order chi connectivity index (χ0) is 23.8. The first-order valence-electron chi connectivity index (χ1n) is 10.8. The summed E-state index contributed by atoms with van der Waals surface area (Å²) >= 11 is 0.